The molecule has 0 saturated heterocycles. The van der Waals surface area contributed by atoms with Gasteiger partial charge < -0.3 is 5.32 Å². The van der Waals surface area contributed by atoms with Crippen LogP contribution in [0.15, 0.2) is 12.3 Å². The molecule has 0 fully saturated rings. The van der Waals surface area contributed by atoms with Crippen molar-refractivity contribution in [2.24, 2.45) is 0 Å². The number of rotatable bonds is 6. The normalized spacial score (nSPS) is 12.4. The third kappa shape index (κ3) is 4.11. The van der Waals surface area contributed by atoms with Gasteiger partial charge in [0.2, 0.25) is 0 Å². The minimum absolute atomic E-state index is 0.121. The number of nitrogens with one attached hydrogen (secondary N) is 1. The van der Waals surface area contributed by atoms with Crippen molar-refractivity contribution >= 4 is 5.69 Å². The van der Waals surface area contributed by atoms with Crippen LogP contribution in [0.2, 0.25) is 0 Å². The van der Waals surface area contributed by atoms with E-state index < -0.39 is 0 Å². The lowest BCUT2D eigenvalue weighted by Crippen LogP contribution is -2.29. The summed E-state index contributed by atoms with van der Waals surface area (Å²) in [6, 6.07) is 1.78. The van der Waals surface area contributed by atoms with Crippen molar-refractivity contribution in [3.63, 3.8) is 0 Å². The van der Waals surface area contributed by atoms with E-state index in [1.165, 1.54) is 0 Å². The number of aromatic nitrogens is 1. The molecule has 5 heteroatoms. The van der Waals surface area contributed by atoms with Crippen molar-refractivity contribution in [2.45, 2.75) is 39.7 Å². The second-order valence-electron chi connectivity index (χ2n) is 4.29. The molecule has 1 aromatic heterocycles. The van der Waals surface area contributed by atoms with Gasteiger partial charge in [-0.2, -0.15) is 0 Å². The Bertz CT molecular complexity index is 393. The van der Waals surface area contributed by atoms with Gasteiger partial charge in [0.25, 0.3) is 5.69 Å². The summed E-state index contributed by atoms with van der Waals surface area (Å²) < 4.78 is 0. The van der Waals surface area contributed by atoms with Gasteiger partial charge in [-0.25, -0.2) is 0 Å². The van der Waals surface area contributed by atoms with Crippen molar-refractivity contribution in [1.29, 1.82) is 0 Å². The molecular formula is C12H19N3O2. The Morgan fingerprint density at radius 1 is 1.59 bits per heavy atom. The number of hydrogen-bond acceptors (Lipinski definition) is 4. The van der Waals surface area contributed by atoms with Gasteiger partial charge in [-0.3, -0.25) is 15.1 Å². The summed E-state index contributed by atoms with van der Waals surface area (Å²) >= 11 is 0. The number of nitrogens with zero attached hydrogens (tertiary/aromatic N) is 2. The molecule has 1 heterocycles. The third-order valence-electron chi connectivity index (χ3n) is 2.52. The summed E-state index contributed by atoms with van der Waals surface area (Å²) in [4.78, 5) is 14.7. The van der Waals surface area contributed by atoms with Gasteiger partial charge >= 0.3 is 0 Å². The van der Waals surface area contributed by atoms with Crippen LogP contribution < -0.4 is 5.32 Å². The Labute approximate surface area is 101 Å². The Morgan fingerprint density at radius 3 is 2.88 bits per heavy atom. The maximum atomic E-state index is 10.9. The average molecular weight is 237 g/mol. The molecule has 0 aromatic carbocycles. The molecule has 1 atom stereocenters. The number of pyridine rings is 1. The van der Waals surface area contributed by atoms with Crippen molar-refractivity contribution < 1.29 is 4.92 Å². The topological polar surface area (TPSA) is 68.1 Å². The highest BCUT2D eigenvalue weighted by atomic mass is 16.6. The fraction of sp³-hybridized carbons (Fsp3) is 0.583. The fourth-order valence-electron chi connectivity index (χ4n) is 1.65. The molecule has 0 amide bonds. The highest BCUT2D eigenvalue weighted by Gasteiger charge is 2.17. The zero-order valence-corrected chi connectivity index (χ0v) is 10.6. The fourth-order valence-corrected chi connectivity index (χ4v) is 1.65. The summed E-state index contributed by atoms with van der Waals surface area (Å²) in [5.74, 6) is 0. The molecule has 0 bridgehead atoms. The van der Waals surface area contributed by atoms with Crippen LogP contribution in [-0.2, 0) is 6.42 Å². The van der Waals surface area contributed by atoms with Gasteiger partial charge in [-0.1, -0.05) is 6.92 Å². The summed E-state index contributed by atoms with van der Waals surface area (Å²) in [5, 5.41) is 14.2. The van der Waals surface area contributed by atoms with Crippen LogP contribution in [0.3, 0.4) is 0 Å². The zero-order valence-electron chi connectivity index (χ0n) is 10.6. The van der Waals surface area contributed by atoms with E-state index in [9.17, 15) is 10.1 Å². The van der Waals surface area contributed by atoms with E-state index in [1.807, 2.05) is 13.8 Å². The molecule has 0 aliphatic heterocycles. The summed E-state index contributed by atoms with van der Waals surface area (Å²) in [5.41, 5.74) is 1.49. The Balaban J connectivity index is 2.79. The Kier molecular flexibility index (Phi) is 5.03. The summed E-state index contributed by atoms with van der Waals surface area (Å²) in [6.07, 6.45) is 3.30. The van der Waals surface area contributed by atoms with E-state index in [2.05, 4.69) is 17.2 Å². The molecule has 1 aromatic rings. The van der Waals surface area contributed by atoms with Gasteiger partial charge in [-0.15, -0.1) is 0 Å². The molecule has 0 aliphatic rings. The quantitative estimate of drug-likeness (QED) is 0.608. The van der Waals surface area contributed by atoms with Crippen LogP contribution in [0, 0.1) is 17.0 Å². The molecular weight excluding hydrogens is 218 g/mol. The molecule has 17 heavy (non-hydrogen) atoms. The van der Waals surface area contributed by atoms with E-state index in [0.717, 1.165) is 18.5 Å². The van der Waals surface area contributed by atoms with Crippen LogP contribution in [0.25, 0.3) is 0 Å². The lowest BCUT2D eigenvalue weighted by atomic mass is 10.1. The molecule has 0 spiro atoms. The van der Waals surface area contributed by atoms with Crippen LogP contribution in [0.4, 0.5) is 5.69 Å². The van der Waals surface area contributed by atoms with Gasteiger partial charge in [0.15, 0.2) is 0 Å². The summed E-state index contributed by atoms with van der Waals surface area (Å²) in [7, 11) is 0. The molecule has 5 nitrogen and oxygen atoms in total. The maximum Gasteiger partial charge on any atom is 0.291 e. The number of hydrogen-bond donors (Lipinski definition) is 1. The van der Waals surface area contributed by atoms with Crippen molar-refractivity contribution in [3.05, 3.63) is 33.6 Å². The average Bonchev–Trinajstić information content (AvgIpc) is 2.28. The maximum absolute atomic E-state index is 10.9. The van der Waals surface area contributed by atoms with Crippen molar-refractivity contribution in [3.8, 4) is 0 Å². The van der Waals surface area contributed by atoms with Crippen molar-refractivity contribution in [1.82, 2.24) is 10.3 Å². The number of aryl methyl sites for hydroxylation is 1. The Morgan fingerprint density at radius 2 is 2.29 bits per heavy atom. The summed E-state index contributed by atoms with van der Waals surface area (Å²) in [6.45, 7) is 6.83. The minimum Gasteiger partial charge on any atom is -0.314 e. The molecule has 1 rings (SSSR count). The smallest absolute Gasteiger partial charge is 0.291 e. The molecule has 1 unspecified atom stereocenters. The van der Waals surface area contributed by atoms with E-state index in [-0.39, 0.29) is 16.7 Å². The first-order valence-electron chi connectivity index (χ1n) is 5.88. The van der Waals surface area contributed by atoms with Gasteiger partial charge in [0.1, 0.15) is 5.69 Å². The molecule has 94 valence electrons. The van der Waals surface area contributed by atoms with Gasteiger partial charge in [0, 0.05) is 24.7 Å². The predicted octanol–water partition coefficient (Wildman–Crippen LogP) is 2.23. The lowest BCUT2D eigenvalue weighted by Gasteiger charge is -2.12. The zero-order chi connectivity index (χ0) is 12.8. The minimum atomic E-state index is -0.359. The third-order valence-corrected chi connectivity index (χ3v) is 2.52. The van der Waals surface area contributed by atoms with E-state index in [1.54, 1.807) is 12.3 Å². The second-order valence-corrected chi connectivity index (χ2v) is 4.29. The van der Waals surface area contributed by atoms with Crippen LogP contribution >= 0.6 is 0 Å². The van der Waals surface area contributed by atoms with E-state index in [4.69, 9.17) is 0 Å². The first kappa shape index (κ1) is 13.6. The SMILES string of the molecule is CCCNC(C)Cc1ncc(C)cc1[N+](=O)[O-]. The predicted molar refractivity (Wildman–Crippen MR) is 67.1 cm³/mol. The first-order chi connectivity index (χ1) is 8.04. The standard InChI is InChI=1S/C12H19N3O2/c1-4-5-13-10(3)7-11-12(15(16)17)6-9(2)8-14-11/h6,8,10,13H,4-5,7H2,1-3H3. The van der Waals surface area contributed by atoms with Gasteiger partial charge in [0.05, 0.1) is 4.92 Å². The molecule has 0 aliphatic carbocycles. The van der Waals surface area contributed by atoms with Crippen molar-refractivity contribution in [2.75, 3.05) is 6.54 Å². The monoisotopic (exact) mass is 237 g/mol. The van der Waals surface area contributed by atoms with Gasteiger partial charge in [-0.05, 0) is 32.4 Å². The van der Waals surface area contributed by atoms with Crippen LogP contribution in [0.5, 0.6) is 0 Å². The van der Waals surface area contributed by atoms with E-state index in [0.29, 0.717) is 12.1 Å². The highest BCUT2D eigenvalue weighted by Crippen LogP contribution is 2.18. The molecule has 0 saturated carbocycles. The van der Waals surface area contributed by atoms with Crippen LogP contribution in [0.1, 0.15) is 31.5 Å². The highest BCUT2D eigenvalue weighted by molar-refractivity contribution is 5.38. The largest absolute Gasteiger partial charge is 0.314 e. The van der Waals surface area contributed by atoms with E-state index >= 15 is 0 Å². The lowest BCUT2D eigenvalue weighted by molar-refractivity contribution is -0.386. The first-order valence-corrected chi connectivity index (χ1v) is 5.88. The second kappa shape index (κ2) is 6.30. The molecule has 1 N–H and O–H groups in total. The number of nitro groups is 1. The van der Waals surface area contributed by atoms with Crippen LogP contribution in [-0.4, -0.2) is 22.5 Å². The molecule has 0 radical (unpaired) electrons. The Hall–Kier alpha value is -1.49.